The number of anilines is 1. The molecule has 1 aliphatic rings. The summed E-state index contributed by atoms with van der Waals surface area (Å²) in [6.07, 6.45) is -0.227. The van der Waals surface area contributed by atoms with Gasteiger partial charge in [0.05, 0.1) is 11.2 Å². The van der Waals surface area contributed by atoms with Crippen LogP contribution < -0.4 is 10.8 Å². The fourth-order valence-electron chi connectivity index (χ4n) is 3.57. The third-order valence-electron chi connectivity index (χ3n) is 6.23. The first kappa shape index (κ1) is 21.5. The summed E-state index contributed by atoms with van der Waals surface area (Å²) in [5.41, 5.74) is 2.71. The molecule has 2 atom stereocenters. The van der Waals surface area contributed by atoms with Gasteiger partial charge in [-0.05, 0) is 75.8 Å². The zero-order valence-electron chi connectivity index (χ0n) is 18.0. The maximum absolute atomic E-state index is 13.4. The van der Waals surface area contributed by atoms with Crippen molar-refractivity contribution in [1.29, 1.82) is 0 Å². The Bertz CT molecular complexity index is 897. The first-order valence-electron chi connectivity index (χ1n) is 10.1. The number of benzene rings is 2. The number of alkyl halides is 1. The van der Waals surface area contributed by atoms with Crippen LogP contribution in [0.5, 0.6) is 0 Å². The van der Waals surface area contributed by atoms with Crippen molar-refractivity contribution in [3.05, 3.63) is 59.2 Å². The molecule has 0 bridgehead atoms. The molecule has 29 heavy (non-hydrogen) atoms. The molecule has 0 radical (unpaired) electrons. The number of halogens is 1. The molecular formula is C23H29BFNO3. The van der Waals surface area contributed by atoms with Crippen molar-refractivity contribution < 1.29 is 18.5 Å². The van der Waals surface area contributed by atoms with Crippen LogP contribution >= 0.6 is 0 Å². The molecule has 1 N–H and O–H groups in total. The Labute approximate surface area is 172 Å². The summed E-state index contributed by atoms with van der Waals surface area (Å²) in [5, 5.41) is 2.95. The quantitative estimate of drug-likeness (QED) is 0.725. The number of carbonyl (C=O) groups excluding carboxylic acids is 1. The molecule has 2 unspecified atom stereocenters. The second-order valence-electron chi connectivity index (χ2n) is 8.37. The van der Waals surface area contributed by atoms with Gasteiger partial charge in [-0.2, -0.15) is 0 Å². The van der Waals surface area contributed by atoms with Gasteiger partial charge in [0.2, 0.25) is 0 Å². The smallest absolute Gasteiger partial charge is 0.399 e. The van der Waals surface area contributed by atoms with Crippen LogP contribution in [-0.2, 0) is 9.31 Å². The molecule has 1 fully saturated rings. The molecule has 154 valence electrons. The van der Waals surface area contributed by atoms with Gasteiger partial charge in [0, 0.05) is 11.3 Å². The van der Waals surface area contributed by atoms with Crippen LogP contribution in [0.25, 0.3) is 0 Å². The minimum absolute atomic E-state index is 0.240. The van der Waals surface area contributed by atoms with Crippen LogP contribution in [0.1, 0.15) is 68.7 Å². The van der Waals surface area contributed by atoms with Gasteiger partial charge < -0.3 is 14.6 Å². The second kappa shape index (κ2) is 7.92. The molecule has 0 aliphatic carbocycles. The average molecular weight is 397 g/mol. The van der Waals surface area contributed by atoms with E-state index in [9.17, 15) is 9.18 Å². The first-order chi connectivity index (χ1) is 13.6. The largest absolute Gasteiger partial charge is 0.495 e. The average Bonchev–Trinajstić information content (AvgIpc) is 2.93. The number of amides is 1. The van der Waals surface area contributed by atoms with Gasteiger partial charge in [-0.25, -0.2) is 4.39 Å². The minimum atomic E-state index is -1.06. The van der Waals surface area contributed by atoms with Crippen LogP contribution in [0.15, 0.2) is 42.5 Å². The highest BCUT2D eigenvalue weighted by atomic mass is 19.1. The Balaban J connectivity index is 1.81. The first-order valence-corrected chi connectivity index (χ1v) is 10.1. The summed E-state index contributed by atoms with van der Waals surface area (Å²) in [6.45, 7) is 11.7. The molecule has 1 amide bonds. The maximum Gasteiger partial charge on any atom is 0.495 e. The molecule has 3 rings (SSSR count). The van der Waals surface area contributed by atoms with Gasteiger partial charge in [0.15, 0.2) is 0 Å². The predicted octanol–water partition coefficient (Wildman–Crippen LogP) is 4.97. The van der Waals surface area contributed by atoms with Gasteiger partial charge >= 0.3 is 7.12 Å². The number of hydrogen-bond donors (Lipinski definition) is 1. The third-order valence-corrected chi connectivity index (χ3v) is 6.23. The molecule has 0 aromatic heterocycles. The normalized spacial score (nSPS) is 21.8. The van der Waals surface area contributed by atoms with Gasteiger partial charge in [-0.15, -0.1) is 0 Å². The second-order valence-corrected chi connectivity index (χ2v) is 8.37. The molecule has 2 aromatic carbocycles. The lowest BCUT2D eigenvalue weighted by atomic mass is 9.76. The maximum atomic E-state index is 13.4. The van der Waals surface area contributed by atoms with Crippen molar-refractivity contribution >= 4 is 24.2 Å². The molecule has 0 spiro atoms. The molecule has 0 saturated carbocycles. The summed E-state index contributed by atoms with van der Waals surface area (Å²) in [7, 11) is -0.489. The van der Waals surface area contributed by atoms with E-state index < -0.39 is 24.5 Å². The van der Waals surface area contributed by atoms with Crippen molar-refractivity contribution in [3.63, 3.8) is 0 Å². The van der Waals surface area contributed by atoms with Gasteiger partial charge in [-0.3, -0.25) is 4.79 Å². The predicted molar refractivity (Wildman–Crippen MR) is 115 cm³/mol. The Morgan fingerprint density at radius 2 is 1.79 bits per heavy atom. The van der Waals surface area contributed by atoms with E-state index in [4.69, 9.17) is 9.31 Å². The van der Waals surface area contributed by atoms with Gasteiger partial charge in [0.25, 0.3) is 5.91 Å². The molecule has 1 saturated heterocycles. The standard InChI is InChI=1S/C23H29BFNO3/c1-7-23(6)22(4,5)28-24(29-23)19-9-8-10-20(15(19)2)26-21(27)18-13-11-17(12-14-18)16(3)25/h8-14,16H,7H2,1-6H3,(H,26,27). The van der Waals surface area contributed by atoms with Crippen LogP contribution in [0.3, 0.4) is 0 Å². The molecule has 2 aromatic rings. The van der Waals surface area contributed by atoms with E-state index in [1.165, 1.54) is 6.92 Å². The van der Waals surface area contributed by atoms with Crippen molar-refractivity contribution in [2.75, 3.05) is 5.32 Å². The van der Waals surface area contributed by atoms with E-state index in [1.807, 2.05) is 39.0 Å². The SMILES string of the molecule is CCC1(C)OB(c2cccc(NC(=O)c3ccc(C(C)F)cc3)c2C)OC1(C)C. The van der Waals surface area contributed by atoms with Crippen LogP contribution in [0, 0.1) is 6.92 Å². The molecule has 6 heteroatoms. The summed E-state index contributed by atoms with van der Waals surface area (Å²) in [5.74, 6) is -0.240. The van der Waals surface area contributed by atoms with E-state index in [1.54, 1.807) is 24.3 Å². The van der Waals surface area contributed by atoms with E-state index >= 15 is 0 Å². The molecule has 1 aliphatic heterocycles. The number of hydrogen-bond acceptors (Lipinski definition) is 3. The van der Waals surface area contributed by atoms with Crippen LogP contribution in [0.2, 0.25) is 0 Å². The lowest BCUT2D eigenvalue weighted by molar-refractivity contribution is -0.0118. The van der Waals surface area contributed by atoms with Crippen molar-refractivity contribution in [1.82, 2.24) is 0 Å². The van der Waals surface area contributed by atoms with Crippen molar-refractivity contribution in [3.8, 4) is 0 Å². The highest BCUT2D eigenvalue weighted by Crippen LogP contribution is 2.39. The monoisotopic (exact) mass is 397 g/mol. The third kappa shape index (κ3) is 4.10. The van der Waals surface area contributed by atoms with Crippen molar-refractivity contribution in [2.24, 2.45) is 0 Å². The topological polar surface area (TPSA) is 47.6 Å². The molecule has 1 heterocycles. The summed E-state index contributed by atoms with van der Waals surface area (Å²) < 4.78 is 25.9. The highest BCUT2D eigenvalue weighted by Gasteiger charge is 2.53. The zero-order chi connectivity index (χ0) is 21.4. The summed E-state index contributed by atoms with van der Waals surface area (Å²) in [4.78, 5) is 12.7. The van der Waals surface area contributed by atoms with E-state index in [0.717, 1.165) is 17.4 Å². The van der Waals surface area contributed by atoms with E-state index in [2.05, 4.69) is 19.2 Å². The molecule has 4 nitrogen and oxygen atoms in total. The Kier molecular flexibility index (Phi) is 5.88. The number of rotatable bonds is 5. The Morgan fingerprint density at radius 1 is 1.14 bits per heavy atom. The molecular weight excluding hydrogens is 368 g/mol. The zero-order valence-corrected chi connectivity index (χ0v) is 18.0. The number of carbonyl (C=O) groups is 1. The van der Waals surface area contributed by atoms with Crippen LogP contribution in [-0.4, -0.2) is 24.2 Å². The fraction of sp³-hybridized carbons (Fsp3) is 0.435. The number of nitrogens with one attached hydrogen (secondary N) is 1. The van der Waals surface area contributed by atoms with Gasteiger partial charge in [0.1, 0.15) is 6.17 Å². The van der Waals surface area contributed by atoms with E-state index in [0.29, 0.717) is 16.8 Å². The van der Waals surface area contributed by atoms with Crippen LogP contribution in [0.4, 0.5) is 10.1 Å². The minimum Gasteiger partial charge on any atom is -0.399 e. The van der Waals surface area contributed by atoms with Crippen molar-refractivity contribution in [2.45, 2.75) is 65.3 Å². The highest BCUT2D eigenvalue weighted by molar-refractivity contribution is 6.62. The van der Waals surface area contributed by atoms with E-state index in [-0.39, 0.29) is 5.91 Å². The Morgan fingerprint density at radius 3 is 2.34 bits per heavy atom. The summed E-state index contributed by atoms with van der Waals surface area (Å²) >= 11 is 0. The Hall–Kier alpha value is -2.18. The lowest BCUT2D eigenvalue weighted by Crippen LogP contribution is -2.44. The fourth-order valence-corrected chi connectivity index (χ4v) is 3.57. The summed E-state index contributed by atoms with van der Waals surface area (Å²) in [6, 6.07) is 12.2. The lowest BCUT2D eigenvalue weighted by Gasteiger charge is -2.35. The van der Waals surface area contributed by atoms with Gasteiger partial charge in [-0.1, -0.05) is 31.2 Å².